The van der Waals surface area contributed by atoms with Crippen molar-refractivity contribution in [3.05, 3.63) is 12.2 Å². The molecule has 3 aliphatic carbocycles. The second kappa shape index (κ2) is 5.82. The maximum atomic E-state index is 12.1. The molecule has 0 aromatic heterocycles. The van der Waals surface area contributed by atoms with Gasteiger partial charge in [0.1, 0.15) is 0 Å². The van der Waals surface area contributed by atoms with E-state index in [0.29, 0.717) is 23.8 Å². The summed E-state index contributed by atoms with van der Waals surface area (Å²) in [5.41, 5.74) is 0.0667. The highest BCUT2D eigenvalue weighted by Gasteiger charge is 2.62. The van der Waals surface area contributed by atoms with Crippen LogP contribution in [0.25, 0.3) is 0 Å². The number of fused-ring (bicyclic) bond motifs is 5. The molecular weight excluding hydrogens is 314 g/mol. The number of rotatable bonds is 2. The largest absolute Gasteiger partial charge is 0.396 e. The van der Waals surface area contributed by atoms with Gasteiger partial charge in [0, 0.05) is 25.1 Å². The average Bonchev–Trinajstić information content (AvgIpc) is 2.84. The van der Waals surface area contributed by atoms with Gasteiger partial charge in [-0.25, -0.2) is 0 Å². The summed E-state index contributed by atoms with van der Waals surface area (Å²) in [7, 11) is 1.96. The van der Waals surface area contributed by atoms with Crippen LogP contribution in [0, 0.1) is 34.5 Å². The van der Waals surface area contributed by atoms with Gasteiger partial charge in [0.05, 0.1) is 6.10 Å². The second-order valence-corrected chi connectivity index (χ2v) is 9.62. The van der Waals surface area contributed by atoms with E-state index in [0.717, 1.165) is 38.5 Å². The number of hydrogen-bond acceptors (Lipinski definition) is 3. The summed E-state index contributed by atoms with van der Waals surface area (Å²) >= 11 is 0. The van der Waals surface area contributed by atoms with Crippen molar-refractivity contribution in [2.45, 2.75) is 64.5 Å². The number of nitrogens with zero attached hydrogens (tertiary/aromatic N) is 1. The van der Waals surface area contributed by atoms with Crippen LogP contribution < -0.4 is 0 Å². The standard InChI is InChI=1S/C21H33NO3/c1-20-10-7-18(24)22(3)17(20)5-4-14-15(20)6-9-21(2)16(14)12-13(8-11-23)19(21)25/h7,10,13-17,19,23,25H,4-6,8-9,11-12H2,1-3H3/t13-,14-,15+,16+,17-,19+,20-,21+/m1/s1. The number of aliphatic hydroxyl groups excluding tert-OH is 2. The van der Waals surface area contributed by atoms with Gasteiger partial charge in [-0.15, -0.1) is 0 Å². The lowest BCUT2D eigenvalue weighted by Gasteiger charge is -2.60. The highest BCUT2D eigenvalue weighted by atomic mass is 16.3. The van der Waals surface area contributed by atoms with Gasteiger partial charge < -0.3 is 15.1 Å². The zero-order valence-corrected chi connectivity index (χ0v) is 15.8. The molecule has 2 N–H and O–H groups in total. The maximum Gasteiger partial charge on any atom is 0.246 e. The zero-order chi connectivity index (χ0) is 18.0. The first-order valence-corrected chi connectivity index (χ1v) is 10.1. The molecule has 4 rings (SSSR count). The van der Waals surface area contributed by atoms with Crippen molar-refractivity contribution in [2.75, 3.05) is 13.7 Å². The maximum absolute atomic E-state index is 12.1. The van der Waals surface area contributed by atoms with Gasteiger partial charge in [-0.1, -0.05) is 19.9 Å². The Hall–Kier alpha value is -0.870. The van der Waals surface area contributed by atoms with Crippen molar-refractivity contribution in [1.29, 1.82) is 0 Å². The van der Waals surface area contributed by atoms with E-state index in [-0.39, 0.29) is 35.4 Å². The molecule has 0 aromatic rings. The van der Waals surface area contributed by atoms with Crippen molar-refractivity contribution in [3.8, 4) is 0 Å². The van der Waals surface area contributed by atoms with Gasteiger partial charge in [0.25, 0.3) is 0 Å². The quantitative estimate of drug-likeness (QED) is 0.807. The molecule has 0 spiro atoms. The lowest BCUT2D eigenvalue weighted by molar-refractivity contribution is -0.140. The molecule has 0 saturated heterocycles. The molecule has 4 heteroatoms. The van der Waals surface area contributed by atoms with Crippen LogP contribution in [-0.2, 0) is 4.79 Å². The third-order valence-corrected chi connectivity index (χ3v) is 8.74. The van der Waals surface area contributed by atoms with Crippen LogP contribution >= 0.6 is 0 Å². The molecule has 0 unspecified atom stereocenters. The van der Waals surface area contributed by atoms with E-state index in [2.05, 4.69) is 19.9 Å². The summed E-state index contributed by atoms with van der Waals surface area (Å²) in [6.07, 6.45) is 9.92. The summed E-state index contributed by atoms with van der Waals surface area (Å²) in [5, 5.41) is 20.3. The van der Waals surface area contributed by atoms with Gasteiger partial charge in [0.2, 0.25) is 5.91 Å². The van der Waals surface area contributed by atoms with Crippen LogP contribution in [0.1, 0.15) is 52.4 Å². The number of carbonyl (C=O) groups excluding carboxylic acids is 1. The summed E-state index contributed by atoms with van der Waals surface area (Å²) in [6, 6.07) is 0.315. The molecule has 1 amide bonds. The molecule has 140 valence electrons. The van der Waals surface area contributed by atoms with Crippen LogP contribution in [0.15, 0.2) is 12.2 Å². The minimum atomic E-state index is -0.276. The summed E-state index contributed by atoms with van der Waals surface area (Å²) in [5.74, 6) is 2.16. The summed E-state index contributed by atoms with van der Waals surface area (Å²) in [4.78, 5) is 14.1. The summed E-state index contributed by atoms with van der Waals surface area (Å²) < 4.78 is 0. The highest BCUT2D eigenvalue weighted by molar-refractivity contribution is 5.89. The van der Waals surface area contributed by atoms with Crippen LogP contribution in [-0.4, -0.2) is 46.8 Å². The van der Waals surface area contributed by atoms with Gasteiger partial charge in [-0.3, -0.25) is 4.79 Å². The minimum Gasteiger partial charge on any atom is -0.396 e. The minimum absolute atomic E-state index is 0.00427. The molecule has 3 saturated carbocycles. The molecule has 4 nitrogen and oxygen atoms in total. The van der Waals surface area contributed by atoms with Gasteiger partial charge in [-0.2, -0.15) is 0 Å². The smallest absolute Gasteiger partial charge is 0.246 e. The fourth-order valence-electron chi connectivity index (χ4n) is 7.33. The Morgan fingerprint density at radius 2 is 2.00 bits per heavy atom. The highest BCUT2D eigenvalue weighted by Crippen LogP contribution is 2.65. The lowest BCUT2D eigenvalue weighted by Crippen LogP contribution is -2.59. The van der Waals surface area contributed by atoms with E-state index in [1.54, 1.807) is 6.08 Å². The fourth-order valence-corrected chi connectivity index (χ4v) is 7.33. The Balaban J connectivity index is 1.65. The van der Waals surface area contributed by atoms with E-state index in [1.807, 2.05) is 11.9 Å². The number of aliphatic hydroxyl groups is 2. The Morgan fingerprint density at radius 1 is 1.24 bits per heavy atom. The third-order valence-electron chi connectivity index (χ3n) is 8.74. The Labute approximate surface area is 151 Å². The number of hydrogen-bond donors (Lipinski definition) is 2. The lowest BCUT2D eigenvalue weighted by atomic mass is 9.48. The van der Waals surface area contributed by atoms with E-state index in [9.17, 15) is 15.0 Å². The molecule has 8 atom stereocenters. The number of likely N-dealkylation sites (N-methyl/N-ethyl adjacent to an activating group) is 1. The zero-order valence-electron chi connectivity index (χ0n) is 15.8. The molecule has 1 heterocycles. The molecule has 25 heavy (non-hydrogen) atoms. The predicted octanol–water partition coefficient (Wildman–Crippen LogP) is 2.60. The first-order chi connectivity index (χ1) is 11.8. The molecule has 4 aliphatic rings. The van der Waals surface area contributed by atoms with E-state index < -0.39 is 0 Å². The molecule has 0 bridgehead atoms. The molecule has 0 aromatic carbocycles. The molecule has 0 radical (unpaired) electrons. The Morgan fingerprint density at radius 3 is 2.72 bits per heavy atom. The van der Waals surface area contributed by atoms with Crippen molar-refractivity contribution < 1.29 is 15.0 Å². The molecule has 1 aliphatic heterocycles. The van der Waals surface area contributed by atoms with Gasteiger partial charge >= 0.3 is 0 Å². The first kappa shape index (κ1) is 17.5. The summed E-state index contributed by atoms with van der Waals surface area (Å²) in [6.45, 7) is 4.82. The van der Waals surface area contributed by atoms with Gasteiger partial charge in [-0.05, 0) is 73.7 Å². The molecular formula is C21H33NO3. The van der Waals surface area contributed by atoms with Crippen LogP contribution in [0.4, 0.5) is 0 Å². The fraction of sp³-hybridized carbons (Fsp3) is 0.857. The van der Waals surface area contributed by atoms with Crippen molar-refractivity contribution in [1.82, 2.24) is 4.90 Å². The SMILES string of the molecule is CN1C(=O)C=C[C@]2(C)[C@H]3CC[C@]4(C)[C@@H](O)[C@H](CCO)C[C@H]4[C@@H]3CC[C@@H]12. The first-order valence-electron chi connectivity index (χ1n) is 10.1. The average molecular weight is 347 g/mol. The van der Waals surface area contributed by atoms with Crippen molar-refractivity contribution in [3.63, 3.8) is 0 Å². The third kappa shape index (κ3) is 2.29. The van der Waals surface area contributed by atoms with E-state index in [1.165, 1.54) is 0 Å². The second-order valence-electron chi connectivity index (χ2n) is 9.62. The number of carbonyl (C=O) groups is 1. The van der Waals surface area contributed by atoms with Crippen LogP contribution in [0.2, 0.25) is 0 Å². The Bertz CT molecular complexity index is 590. The predicted molar refractivity (Wildman–Crippen MR) is 96.7 cm³/mol. The van der Waals surface area contributed by atoms with Crippen LogP contribution in [0.5, 0.6) is 0 Å². The van der Waals surface area contributed by atoms with Crippen molar-refractivity contribution in [2.24, 2.45) is 34.5 Å². The van der Waals surface area contributed by atoms with Crippen LogP contribution in [0.3, 0.4) is 0 Å². The number of amides is 1. The van der Waals surface area contributed by atoms with E-state index >= 15 is 0 Å². The van der Waals surface area contributed by atoms with E-state index in [4.69, 9.17) is 0 Å². The van der Waals surface area contributed by atoms with Gasteiger partial charge in [0.15, 0.2) is 0 Å². The molecule has 3 fully saturated rings. The van der Waals surface area contributed by atoms with Crippen molar-refractivity contribution >= 4 is 5.91 Å². The monoisotopic (exact) mass is 347 g/mol. The normalized spacial score (nSPS) is 51.9. The topological polar surface area (TPSA) is 60.8 Å². The Kier molecular flexibility index (Phi) is 4.08.